The van der Waals surface area contributed by atoms with Gasteiger partial charge >= 0.3 is 11.9 Å². The third kappa shape index (κ3) is 8.97. The van der Waals surface area contributed by atoms with Gasteiger partial charge in [0.2, 0.25) is 0 Å². The summed E-state index contributed by atoms with van der Waals surface area (Å²) in [6, 6.07) is 29.7. The quantitative estimate of drug-likeness (QED) is 0.137. The second-order valence-corrected chi connectivity index (χ2v) is 10.0. The molecule has 44 heavy (non-hydrogen) atoms. The maximum Gasteiger partial charge on any atom is 0.346 e. The number of aliphatic hydroxyl groups excluding tert-OH is 1. The number of methoxy groups -OCH3 is 1. The Morgan fingerprint density at radius 2 is 1.30 bits per heavy atom. The Bertz CT molecular complexity index is 1570. The average Bonchev–Trinajstić information content (AvgIpc) is 3.06. The van der Waals surface area contributed by atoms with Crippen LogP contribution in [0, 0.1) is 11.8 Å². The average molecular weight is 593 g/mol. The van der Waals surface area contributed by atoms with E-state index in [4.69, 9.17) is 18.9 Å². The van der Waals surface area contributed by atoms with E-state index in [9.17, 15) is 14.7 Å². The lowest BCUT2D eigenvalue weighted by Gasteiger charge is -2.21. The van der Waals surface area contributed by atoms with Crippen LogP contribution in [0.15, 0.2) is 97.1 Å². The Kier molecular flexibility index (Phi) is 12.0. The van der Waals surface area contributed by atoms with Crippen LogP contribution in [0.2, 0.25) is 0 Å². The molecule has 0 amide bonds. The Hall–Kier alpha value is -5.06. The molecule has 4 rings (SSSR count). The number of rotatable bonds is 13. The molecule has 0 aliphatic rings. The fourth-order valence-corrected chi connectivity index (χ4v) is 4.46. The van der Waals surface area contributed by atoms with Crippen molar-refractivity contribution in [1.29, 1.82) is 0 Å². The van der Waals surface area contributed by atoms with E-state index >= 15 is 0 Å². The Balaban J connectivity index is 1.84. The third-order valence-corrected chi connectivity index (χ3v) is 6.65. The van der Waals surface area contributed by atoms with Crippen molar-refractivity contribution in [2.24, 2.45) is 0 Å². The second kappa shape index (κ2) is 16.5. The molecule has 0 fully saturated rings. The fraction of sp³-hybridized carbons (Fsp3) is 0.243. The van der Waals surface area contributed by atoms with Gasteiger partial charge in [-0.25, -0.2) is 9.59 Å². The van der Waals surface area contributed by atoms with Crippen molar-refractivity contribution in [3.05, 3.63) is 130 Å². The number of hydrogen-bond donors (Lipinski definition) is 1. The molecular formula is C37H36O7. The molecule has 0 aliphatic heterocycles. The fourth-order valence-electron chi connectivity index (χ4n) is 4.46. The molecule has 0 radical (unpaired) electrons. The first kappa shape index (κ1) is 31.9. The Morgan fingerprint density at radius 1 is 0.750 bits per heavy atom. The van der Waals surface area contributed by atoms with Gasteiger partial charge in [-0.15, -0.1) is 5.92 Å². The van der Waals surface area contributed by atoms with Gasteiger partial charge in [0.1, 0.15) is 42.8 Å². The van der Waals surface area contributed by atoms with E-state index in [2.05, 4.69) is 11.8 Å². The first-order valence-corrected chi connectivity index (χ1v) is 14.5. The van der Waals surface area contributed by atoms with E-state index in [1.165, 1.54) is 7.11 Å². The summed E-state index contributed by atoms with van der Waals surface area (Å²) in [4.78, 5) is 27.2. The Morgan fingerprint density at radius 3 is 1.84 bits per heavy atom. The molecule has 7 heteroatoms. The number of esters is 2. The van der Waals surface area contributed by atoms with Gasteiger partial charge in [-0.05, 0) is 34.7 Å². The van der Waals surface area contributed by atoms with E-state index in [1.54, 1.807) is 6.07 Å². The lowest BCUT2D eigenvalue weighted by Crippen LogP contribution is -2.19. The van der Waals surface area contributed by atoms with Crippen molar-refractivity contribution < 1.29 is 33.6 Å². The van der Waals surface area contributed by atoms with Crippen molar-refractivity contribution in [1.82, 2.24) is 0 Å². The number of hydrogen-bond acceptors (Lipinski definition) is 7. The molecule has 0 saturated heterocycles. The highest BCUT2D eigenvalue weighted by Crippen LogP contribution is 2.38. The number of carbonyl (C=O) groups excluding carboxylic acids is 2. The van der Waals surface area contributed by atoms with Crippen molar-refractivity contribution in [2.45, 2.75) is 52.1 Å². The van der Waals surface area contributed by atoms with Crippen LogP contribution in [-0.2, 0) is 35.7 Å². The Labute approximate surface area is 258 Å². The van der Waals surface area contributed by atoms with Gasteiger partial charge < -0.3 is 24.1 Å². The molecule has 226 valence electrons. The number of carbonyl (C=O) groups is 2. The van der Waals surface area contributed by atoms with E-state index in [0.717, 1.165) is 23.1 Å². The third-order valence-electron chi connectivity index (χ3n) is 6.65. The van der Waals surface area contributed by atoms with Gasteiger partial charge in [-0.1, -0.05) is 104 Å². The smallest absolute Gasteiger partial charge is 0.346 e. The molecule has 0 heterocycles. The monoisotopic (exact) mass is 592 g/mol. The molecule has 0 spiro atoms. The van der Waals surface area contributed by atoms with Crippen LogP contribution in [0.25, 0.3) is 0 Å². The largest absolute Gasteiger partial charge is 0.488 e. The highest BCUT2D eigenvalue weighted by Gasteiger charge is 2.31. The highest BCUT2D eigenvalue weighted by molar-refractivity contribution is 6.03. The summed E-state index contributed by atoms with van der Waals surface area (Å²) in [5, 5.41) is 10.8. The van der Waals surface area contributed by atoms with Gasteiger partial charge in [0.15, 0.2) is 5.75 Å². The number of aliphatic hydroxyl groups is 1. The second-order valence-electron chi connectivity index (χ2n) is 10.0. The van der Waals surface area contributed by atoms with E-state index < -0.39 is 18.0 Å². The standard InChI is InChI=1S/C37H36O7/c1-3-4-8-21-31(38)22-30-23-32(42-24-27-15-9-5-10-16-27)34(37(40)44-26-29-19-13-7-14-20-29)35(33(30)36(39)41-2)43-25-28-17-11-6-12-18-28/h5-7,9-20,23,31,38H,3-4,22,24-26H2,1-2H3/t31-/m1/s1. The minimum absolute atomic E-state index is 0.00139. The summed E-state index contributed by atoms with van der Waals surface area (Å²) in [7, 11) is 1.25. The number of benzene rings is 4. The number of unbranched alkanes of at least 4 members (excludes halogenated alkanes) is 1. The molecule has 7 nitrogen and oxygen atoms in total. The molecule has 0 aliphatic carbocycles. The van der Waals surface area contributed by atoms with Crippen molar-refractivity contribution >= 4 is 11.9 Å². The molecule has 0 aromatic heterocycles. The zero-order valence-corrected chi connectivity index (χ0v) is 25.0. The van der Waals surface area contributed by atoms with Gasteiger partial charge in [0.05, 0.1) is 7.11 Å². The summed E-state index contributed by atoms with van der Waals surface area (Å²) >= 11 is 0. The molecule has 0 unspecified atom stereocenters. The minimum Gasteiger partial charge on any atom is -0.488 e. The normalized spacial score (nSPS) is 11.1. The molecular weight excluding hydrogens is 556 g/mol. The van der Waals surface area contributed by atoms with Crippen molar-refractivity contribution in [3.63, 3.8) is 0 Å². The van der Waals surface area contributed by atoms with Gasteiger partial charge in [-0.2, -0.15) is 0 Å². The van der Waals surface area contributed by atoms with Gasteiger partial charge in [0.25, 0.3) is 0 Å². The summed E-state index contributed by atoms with van der Waals surface area (Å²) in [5.41, 5.74) is 2.78. The summed E-state index contributed by atoms with van der Waals surface area (Å²) in [6.07, 6.45) is 0.375. The molecule has 0 saturated carbocycles. The zero-order chi connectivity index (χ0) is 31.1. The van der Waals surface area contributed by atoms with E-state index in [-0.39, 0.29) is 48.9 Å². The predicted octanol–water partition coefficient (Wildman–Crippen LogP) is 6.70. The van der Waals surface area contributed by atoms with Crippen LogP contribution in [0.3, 0.4) is 0 Å². The molecule has 1 atom stereocenters. The summed E-state index contributed by atoms with van der Waals surface area (Å²) in [6.45, 7) is 2.17. The first-order valence-electron chi connectivity index (χ1n) is 14.5. The molecule has 1 N–H and O–H groups in total. The van der Waals surface area contributed by atoms with Crippen LogP contribution < -0.4 is 9.47 Å². The maximum atomic E-state index is 13.8. The first-order chi connectivity index (χ1) is 21.5. The van der Waals surface area contributed by atoms with Crippen LogP contribution in [0.1, 0.15) is 62.7 Å². The molecule has 4 aromatic carbocycles. The van der Waals surface area contributed by atoms with Crippen LogP contribution >= 0.6 is 0 Å². The molecule has 0 bridgehead atoms. The van der Waals surface area contributed by atoms with Crippen molar-refractivity contribution in [2.75, 3.05) is 7.11 Å². The maximum absolute atomic E-state index is 13.8. The van der Waals surface area contributed by atoms with Crippen LogP contribution in [0.4, 0.5) is 0 Å². The minimum atomic E-state index is -1.08. The lowest BCUT2D eigenvalue weighted by molar-refractivity contribution is 0.0461. The lowest BCUT2D eigenvalue weighted by atomic mass is 9.96. The zero-order valence-electron chi connectivity index (χ0n) is 25.0. The highest BCUT2D eigenvalue weighted by atomic mass is 16.5. The topological polar surface area (TPSA) is 91.3 Å². The van der Waals surface area contributed by atoms with Gasteiger partial charge in [-0.3, -0.25) is 0 Å². The predicted molar refractivity (Wildman–Crippen MR) is 167 cm³/mol. The van der Waals surface area contributed by atoms with E-state index in [1.807, 2.05) is 97.9 Å². The number of ether oxygens (including phenoxy) is 4. The summed E-state index contributed by atoms with van der Waals surface area (Å²) in [5.74, 6) is 4.40. The SMILES string of the molecule is CCCC#C[C@@H](O)Cc1cc(OCc2ccccc2)c(C(=O)OCc2ccccc2)c(OCc2ccccc2)c1C(=O)OC. The molecule has 4 aromatic rings. The van der Waals surface area contributed by atoms with Crippen LogP contribution in [-0.4, -0.2) is 30.3 Å². The summed E-state index contributed by atoms with van der Waals surface area (Å²) < 4.78 is 23.4. The van der Waals surface area contributed by atoms with E-state index in [0.29, 0.717) is 12.0 Å². The van der Waals surface area contributed by atoms with Crippen LogP contribution in [0.5, 0.6) is 11.5 Å². The van der Waals surface area contributed by atoms with Crippen molar-refractivity contribution in [3.8, 4) is 23.3 Å². The van der Waals surface area contributed by atoms with Gasteiger partial charge in [0, 0.05) is 12.8 Å².